The van der Waals surface area contributed by atoms with Gasteiger partial charge < -0.3 is 10.2 Å². The second-order valence-electron chi connectivity index (χ2n) is 7.75. The Morgan fingerprint density at radius 3 is 2.39 bits per heavy atom. The van der Waals surface area contributed by atoms with Crippen LogP contribution in [0.4, 0.5) is 5.69 Å². The van der Waals surface area contributed by atoms with E-state index in [1.165, 1.54) is 31.5 Å². The second kappa shape index (κ2) is 8.15. The van der Waals surface area contributed by atoms with Crippen LogP contribution < -0.4 is 10.2 Å². The van der Waals surface area contributed by atoms with Crippen LogP contribution >= 0.6 is 0 Å². The number of likely N-dealkylation sites (tertiary alicyclic amines) is 1. The summed E-state index contributed by atoms with van der Waals surface area (Å²) >= 11 is 0. The molecule has 0 bridgehead atoms. The minimum Gasteiger partial charge on any atom is -0.348 e. The van der Waals surface area contributed by atoms with E-state index in [2.05, 4.69) is 34.5 Å². The summed E-state index contributed by atoms with van der Waals surface area (Å²) in [5, 5.41) is 3.00. The molecule has 5 heteroatoms. The third kappa shape index (κ3) is 4.09. The number of fused-ring (bicyclic) bond motifs is 1. The zero-order valence-corrected chi connectivity index (χ0v) is 16.4. The fraction of sp³-hybridized carbons (Fsp3) is 0.391. The molecule has 0 aliphatic carbocycles. The van der Waals surface area contributed by atoms with Crippen molar-refractivity contribution in [2.45, 2.75) is 39.3 Å². The quantitative estimate of drug-likeness (QED) is 0.871. The highest BCUT2D eigenvalue weighted by molar-refractivity contribution is 5.97. The van der Waals surface area contributed by atoms with Gasteiger partial charge in [-0.3, -0.25) is 14.5 Å². The molecular formula is C23H27N3O2. The highest BCUT2D eigenvalue weighted by Gasteiger charge is 2.23. The minimum atomic E-state index is -0.0785. The Labute approximate surface area is 166 Å². The van der Waals surface area contributed by atoms with E-state index in [9.17, 15) is 9.59 Å². The Morgan fingerprint density at radius 1 is 0.964 bits per heavy atom. The van der Waals surface area contributed by atoms with Crippen LogP contribution in [0.15, 0.2) is 42.5 Å². The SMILES string of the molecule is CC(=O)N1CCc2cc(C(=O)NCc3ccc(CN4CCCC4)cc3)ccc21. The summed E-state index contributed by atoms with van der Waals surface area (Å²) in [5.41, 5.74) is 5.06. The van der Waals surface area contributed by atoms with E-state index in [4.69, 9.17) is 0 Å². The number of nitrogens with one attached hydrogen (secondary N) is 1. The summed E-state index contributed by atoms with van der Waals surface area (Å²) in [6.45, 7) is 6.19. The Morgan fingerprint density at radius 2 is 1.68 bits per heavy atom. The van der Waals surface area contributed by atoms with Crippen LogP contribution in [0.25, 0.3) is 0 Å². The molecule has 2 aromatic carbocycles. The van der Waals surface area contributed by atoms with Crippen LogP contribution in [0.3, 0.4) is 0 Å². The first-order valence-electron chi connectivity index (χ1n) is 10.1. The van der Waals surface area contributed by atoms with Crippen molar-refractivity contribution in [2.24, 2.45) is 0 Å². The van der Waals surface area contributed by atoms with Crippen molar-refractivity contribution in [3.8, 4) is 0 Å². The first kappa shape index (κ1) is 18.7. The standard InChI is InChI=1S/C23H27N3O2/c1-17(27)26-13-10-20-14-21(8-9-22(20)26)23(28)24-15-18-4-6-19(7-5-18)16-25-11-2-3-12-25/h4-9,14H,2-3,10-13,15-16H2,1H3,(H,24,28). The predicted molar refractivity (Wildman–Crippen MR) is 110 cm³/mol. The van der Waals surface area contributed by atoms with Gasteiger partial charge in [0.2, 0.25) is 5.91 Å². The molecule has 2 aliphatic heterocycles. The van der Waals surface area contributed by atoms with Crippen LogP contribution in [0.1, 0.15) is 46.8 Å². The first-order chi connectivity index (χ1) is 13.6. The van der Waals surface area contributed by atoms with Crippen LogP contribution in [0.5, 0.6) is 0 Å². The first-order valence-corrected chi connectivity index (χ1v) is 10.1. The van der Waals surface area contributed by atoms with Crippen LogP contribution in [-0.2, 0) is 24.3 Å². The number of amides is 2. The van der Waals surface area contributed by atoms with Gasteiger partial charge in [0.05, 0.1) is 0 Å². The van der Waals surface area contributed by atoms with Gasteiger partial charge in [-0.05, 0) is 67.2 Å². The maximum absolute atomic E-state index is 12.5. The lowest BCUT2D eigenvalue weighted by Crippen LogP contribution is -2.26. The predicted octanol–water partition coefficient (Wildman–Crippen LogP) is 3.12. The monoisotopic (exact) mass is 377 g/mol. The van der Waals surface area contributed by atoms with Gasteiger partial charge in [0, 0.05) is 37.8 Å². The summed E-state index contributed by atoms with van der Waals surface area (Å²) in [5.74, 6) is -0.0330. The molecular weight excluding hydrogens is 350 g/mol. The number of anilines is 1. The van der Waals surface area contributed by atoms with E-state index in [1.807, 2.05) is 12.1 Å². The molecule has 1 N–H and O–H groups in total. The highest BCUT2D eigenvalue weighted by Crippen LogP contribution is 2.28. The number of nitrogens with zero attached hydrogens (tertiary/aromatic N) is 2. The van der Waals surface area contributed by atoms with E-state index < -0.39 is 0 Å². The molecule has 2 aliphatic rings. The van der Waals surface area contributed by atoms with Gasteiger partial charge in [-0.15, -0.1) is 0 Å². The van der Waals surface area contributed by atoms with Gasteiger partial charge >= 0.3 is 0 Å². The number of carbonyl (C=O) groups is 2. The number of hydrogen-bond donors (Lipinski definition) is 1. The molecule has 4 rings (SSSR count). The van der Waals surface area contributed by atoms with Crippen LogP contribution in [0.2, 0.25) is 0 Å². The topological polar surface area (TPSA) is 52.7 Å². The van der Waals surface area contributed by atoms with Crippen LogP contribution in [-0.4, -0.2) is 36.3 Å². The molecule has 146 valence electrons. The van der Waals surface area contributed by atoms with E-state index in [0.29, 0.717) is 18.7 Å². The minimum absolute atomic E-state index is 0.0455. The second-order valence-corrected chi connectivity index (χ2v) is 7.75. The summed E-state index contributed by atoms with van der Waals surface area (Å²) in [4.78, 5) is 28.4. The van der Waals surface area contributed by atoms with E-state index in [-0.39, 0.29) is 11.8 Å². The smallest absolute Gasteiger partial charge is 0.251 e. The number of carbonyl (C=O) groups excluding carboxylic acids is 2. The third-order valence-electron chi connectivity index (χ3n) is 5.70. The number of rotatable bonds is 5. The van der Waals surface area contributed by atoms with Gasteiger partial charge in [0.25, 0.3) is 5.91 Å². The van der Waals surface area contributed by atoms with Crippen molar-refractivity contribution >= 4 is 17.5 Å². The average Bonchev–Trinajstić information content (AvgIpc) is 3.36. The molecule has 2 amide bonds. The molecule has 2 heterocycles. The molecule has 1 fully saturated rings. The Kier molecular flexibility index (Phi) is 5.44. The Balaban J connectivity index is 1.33. The van der Waals surface area contributed by atoms with Gasteiger partial charge in [0.1, 0.15) is 0 Å². The van der Waals surface area contributed by atoms with E-state index in [0.717, 1.165) is 29.8 Å². The number of hydrogen-bond acceptors (Lipinski definition) is 3. The number of benzene rings is 2. The normalized spacial score (nSPS) is 16.2. The third-order valence-corrected chi connectivity index (χ3v) is 5.70. The lowest BCUT2D eigenvalue weighted by molar-refractivity contribution is -0.116. The van der Waals surface area contributed by atoms with Crippen LogP contribution in [0, 0.1) is 0 Å². The molecule has 1 saturated heterocycles. The molecule has 5 nitrogen and oxygen atoms in total. The molecule has 0 spiro atoms. The van der Waals surface area contributed by atoms with Crippen molar-refractivity contribution in [3.63, 3.8) is 0 Å². The summed E-state index contributed by atoms with van der Waals surface area (Å²) in [6.07, 6.45) is 3.41. The van der Waals surface area contributed by atoms with Crippen molar-refractivity contribution in [1.82, 2.24) is 10.2 Å². The van der Waals surface area contributed by atoms with E-state index in [1.54, 1.807) is 17.9 Å². The summed E-state index contributed by atoms with van der Waals surface area (Å²) in [7, 11) is 0. The maximum Gasteiger partial charge on any atom is 0.251 e. The zero-order chi connectivity index (χ0) is 19.5. The lowest BCUT2D eigenvalue weighted by atomic mass is 10.1. The molecule has 2 aromatic rings. The molecule has 0 saturated carbocycles. The van der Waals surface area contributed by atoms with Gasteiger partial charge in [0.15, 0.2) is 0 Å². The average molecular weight is 377 g/mol. The Bertz CT molecular complexity index is 870. The van der Waals surface area contributed by atoms with Gasteiger partial charge in [-0.2, -0.15) is 0 Å². The molecule has 0 unspecified atom stereocenters. The highest BCUT2D eigenvalue weighted by atomic mass is 16.2. The lowest BCUT2D eigenvalue weighted by Gasteiger charge is -2.15. The van der Waals surface area contributed by atoms with Gasteiger partial charge in [-0.25, -0.2) is 0 Å². The molecule has 28 heavy (non-hydrogen) atoms. The van der Waals surface area contributed by atoms with Crippen molar-refractivity contribution < 1.29 is 9.59 Å². The van der Waals surface area contributed by atoms with Crippen molar-refractivity contribution in [3.05, 3.63) is 64.7 Å². The summed E-state index contributed by atoms with van der Waals surface area (Å²) in [6, 6.07) is 14.1. The Hall–Kier alpha value is -2.66. The fourth-order valence-corrected chi connectivity index (χ4v) is 4.12. The van der Waals surface area contributed by atoms with E-state index >= 15 is 0 Å². The van der Waals surface area contributed by atoms with Gasteiger partial charge in [-0.1, -0.05) is 24.3 Å². The maximum atomic E-state index is 12.5. The largest absolute Gasteiger partial charge is 0.348 e. The summed E-state index contributed by atoms with van der Waals surface area (Å²) < 4.78 is 0. The zero-order valence-electron chi connectivity index (χ0n) is 16.4. The van der Waals surface area contributed by atoms with Crippen molar-refractivity contribution in [1.29, 1.82) is 0 Å². The fourth-order valence-electron chi connectivity index (χ4n) is 4.12. The molecule has 0 aromatic heterocycles. The molecule has 0 radical (unpaired) electrons. The van der Waals surface area contributed by atoms with Crippen molar-refractivity contribution in [2.75, 3.05) is 24.5 Å². The molecule has 0 atom stereocenters.